The molecule has 2 amide bonds. The Morgan fingerprint density at radius 2 is 1.87 bits per heavy atom. The fraction of sp³-hybridized carbons (Fsp3) is 0.360. The molecule has 1 atom stereocenters. The number of amides is 2. The number of aromatic nitrogens is 2. The van der Waals surface area contributed by atoms with Crippen molar-refractivity contribution < 1.29 is 4.79 Å². The van der Waals surface area contributed by atoms with Crippen molar-refractivity contribution in [1.29, 1.82) is 0 Å². The second-order valence-electron chi connectivity index (χ2n) is 9.32. The number of rotatable bonds is 5. The van der Waals surface area contributed by atoms with Gasteiger partial charge in [0.1, 0.15) is 0 Å². The maximum absolute atomic E-state index is 11.9. The number of para-hydroxylation sites is 1. The highest BCUT2D eigenvalue weighted by molar-refractivity contribution is 5.93. The molecule has 0 radical (unpaired) electrons. The number of nitrogens with one attached hydrogen (secondary N) is 2. The third kappa shape index (κ3) is 3.95. The summed E-state index contributed by atoms with van der Waals surface area (Å²) in [7, 11) is 0. The number of carbonyl (C=O) groups is 1. The molecule has 0 bridgehead atoms. The van der Waals surface area contributed by atoms with Gasteiger partial charge in [0.25, 0.3) is 0 Å². The fourth-order valence-electron chi connectivity index (χ4n) is 4.77. The molecule has 6 heteroatoms. The second-order valence-corrected chi connectivity index (χ2v) is 9.32. The Balaban J connectivity index is 1.33. The van der Waals surface area contributed by atoms with Crippen molar-refractivity contribution in [3.05, 3.63) is 77.6 Å². The van der Waals surface area contributed by atoms with E-state index in [1.54, 1.807) is 4.90 Å². The largest absolute Gasteiger partial charge is 0.336 e. The Morgan fingerprint density at radius 3 is 2.58 bits per heavy atom. The molecule has 1 aliphatic heterocycles. The van der Waals surface area contributed by atoms with Crippen LogP contribution in [-0.2, 0) is 13.0 Å². The third-order valence-corrected chi connectivity index (χ3v) is 6.34. The molecule has 0 saturated carbocycles. The van der Waals surface area contributed by atoms with Crippen molar-refractivity contribution in [3.8, 4) is 5.69 Å². The molecule has 1 saturated heterocycles. The molecule has 3 aromatic rings. The highest BCUT2D eigenvalue weighted by atomic mass is 16.2. The highest BCUT2D eigenvalue weighted by Crippen LogP contribution is 2.41. The van der Waals surface area contributed by atoms with E-state index in [4.69, 9.17) is 5.10 Å². The molecule has 0 unspecified atom stereocenters. The van der Waals surface area contributed by atoms with Crippen LogP contribution < -0.4 is 15.5 Å². The first-order valence-corrected chi connectivity index (χ1v) is 11.0. The van der Waals surface area contributed by atoms with E-state index in [-0.39, 0.29) is 17.5 Å². The van der Waals surface area contributed by atoms with Gasteiger partial charge in [-0.2, -0.15) is 5.10 Å². The zero-order valence-corrected chi connectivity index (χ0v) is 18.1. The Hall–Kier alpha value is -3.12. The number of anilines is 1. The minimum Gasteiger partial charge on any atom is -0.336 e. The number of urea groups is 1. The molecular weight excluding hydrogens is 386 g/mol. The van der Waals surface area contributed by atoms with E-state index in [1.807, 2.05) is 24.4 Å². The van der Waals surface area contributed by atoms with Gasteiger partial charge >= 0.3 is 6.03 Å². The molecule has 2 aliphatic rings. The molecule has 2 N–H and O–H groups in total. The van der Waals surface area contributed by atoms with Crippen LogP contribution in [0.2, 0.25) is 0 Å². The molecular formula is C25H29N5O. The standard InChI is InChI=1S/C25H29N5O/c1-25(2)14-22(21-17-28-30(23(21)15-25)20-6-4-3-5-7-20)27-16-18-8-10-19(11-9-18)29-13-12-26-24(29)31/h3-11,17,22,27H,12-16H2,1-2H3,(H,26,31)/t22-/m0/s1. The van der Waals surface area contributed by atoms with E-state index in [1.165, 1.54) is 16.8 Å². The molecule has 31 heavy (non-hydrogen) atoms. The van der Waals surface area contributed by atoms with Crippen LogP contribution in [0.25, 0.3) is 5.69 Å². The molecule has 2 aromatic carbocycles. The van der Waals surface area contributed by atoms with Gasteiger partial charge in [0.15, 0.2) is 0 Å². The number of hydrogen-bond donors (Lipinski definition) is 2. The van der Waals surface area contributed by atoms with Gasteiger partial charge in [0.05, 0.1) is 11.9 Å². The second kappa shape index (κ2) is 7.85. The molecule has 1 aliphatic carbocycles. The lowest BCUT2D eigenvalue weighted by atomic mass is 9.74. The molecule has 6 nitrogen and oxygen atoms in total. The maximum Gasteiger partial charge on any atom is 0.321 e. The van der Waals surface area contributed by atoms with E-state index in [2.05, 4.69) is 65.6 Å². The summed E-state index contributed by atoms with van der Waals surface area (Å²) >= 11 is 0. The lowest BCUT2D eigenvalue weighted by molar-refractivity contribution is 0.252. The smallest absolute Gasteiger partial charge is 0.321 e. The first kappa shape index (κ1) is 19.8. The number of benzene rings is 2. The number of fused-ring (bicyclic) bond motifs is 1. The van der Waals surface area contributed by atoms with Gasteiger partial charge in [-0.1, -0.05) is 44.2 Å². The van der Waals surface area contributed by atoms with E-state index >= 15 is 0 Å². The topological polar surface area (TPSA) is 62.2 Å². The first-order valence-electron chi connectivity index (χ1n) is 11.0. The SMILES string of the molecule is CC1(C)Cc2c(cnn2-c2ccccc2)[C@@H](NCc2ccc(N3CCNC3=O)cc2)C1. The summed E-state index contributed by atoms with van der Waals surface area (Å²) < 4.78 is 2.10. The molecule has 2 heterocycles. The van der Waals surface area contributed by atoms with E-state index in [0.717, 1.165) is 37.3 Å². The van der Waals surface area contributed by atoms with Crippen molar-refractivity contribution in [3.63, 3.8) is 0 Å². The predicted octanol–water partition coefficient (Wildman–Crippen LogP) is 4.21. The quantitative estimate of drug-likeness (QED) is 0.656. The van der Waals surface area contributed by atoms with Gasteiger partial charge < -0.3 is 10.6 Å². The van der Waals surface area contributed by atoms with Crippen LogP contribution in [0.1, 0.15) is 43.1 Å². The average Bonchev–Trinajstić information content (AvgIpc) is 3.38. The summed E-state index contributed by atoms with van der Waals surface area (Å²) in [6, 6.07) is 18.9. The highest BCUT2D eigenvalue weighted by Gasteiger charge is 2.35. The molecule has 1 fully saturated rings. The molecule has 5 rings (SSSR count). The van der Waals surface area contributed by atoms with Gasteiger partial charge in [0, 0.05) is 42.6 Å². The van der Waals surface area contributed by atoms with Gasteiger partial charge in [0.2, 0.25) is 0 Å². The lowest BCUT2D eigenvalue weighted by Gasteiger charge is -2.36. The first-order chi connectivity index (χ1) is 15.0. The summed E-state index contributed by atoms with van der Waals surface area (Å²) in [4.78, 5) is 13.7. The van der Waals surface area contributed by atoms with Gasteiger partial charge in [-0.3, -0.25) is 4.90 Å². The van der Waals surface area contributed by atoms with Crippen LogP contribution in [-0.4, -0.2) is 28.9 Å². The van der Waals surface area contributed by atoms with Gasteiger partial charge in [-0.05, 0) is 48.1 Å². The predicted molar refractivity (Wildman–Crippen MR) is 122 cm³/mol. The lowest BCUT2D eigenvalue weighted by Crippen LogP contribution is -2.33. The number of hydrogen-bond acceptors (Lipinski definition) is 3. The number of nitrogens with zero attached hydrogens (tertiary/aromatic N) is 3. The Morgan fingerprint density at radius 1 is 1.10 bits per heavy atom. The van der Waals surface area contributed by atoms with Crippen LogP contribution in [0, 0.1) is 5.41 Å². The van der Waals surface area contributed by atoms with Crippen molar-refractivity contribution in [1.82, 2.24) is 20.4 Å². The molecule has 160 valence electrons. The van der Waals surface area contributed by atoms with E-state index in [9.17, 15) is 4.79 Å². The minimum absolute atomic E-state index is 0.0155. The Labute approximate surface area is 183 Å². The summed E-state index contributed by atoms with van der Waals surface area (Å²) in [5.41, 5.74) is 6.07. The van der Waals surface area contributed by atoms with Crippen molar-refractivity contribution in [2.75, 3.05) is 18.0 Å². The number of carbonyl (C=O) groups excluding carboxylic acids is 1. The maximum atomic E-state index is 11.9. The van der Waals surface area contributed by atoms with Crippen molar-refractivity contribution in [2.24, 2.45) is 5.41 Å². The van der Waals surface area contributed by atoms with Crippen LogP contribution in [0.4, 0.5) is 10.5 Å². The monoisotopic (exact) mass is 415 g/mol. The fourth-order valence-corrected chi connectivity index (χ4v) is 4.77. The van der Waals surface area contributed by atoms with Gasteiger partial charge in [-0.15, -0.1) is 0 Å². The third-order valence-electron chi connectivity index (χ3n) is 6.34. The average molecular weight is 416 g/mol. The summed E-state index contributed by atoms with van der Waals surface area (Å²) in [6.45, 7) is 6.88. The molecule has 0 spiro atoms. The zero-order chi connectivity index (χ0) is 21.4. The van der Waals surface area contributed by atoms with Crippen LogP contribution in [0.5, 0.6) is 0 Å². The van der Waals surface area contributed by atoms with E-state index < -0.39 is 0 Å². The Kier molecular flexibility index (Phi) is 5.02. The zero-order valence-electron chi connectivity index (χ0n) is 18.1. The van der Waals surface area contributed by atoms with Crippen LogP contribution in [0.3, 0.4) is 0 Å². The van der Waals surface area contributed by atoms with Gasteiger partial charge in [-0.25, -0.2) is 9.48 Å². The van der Waals surface area contributed by atoms with Crippen LogP contribution >= 0.6 is 0 Å². The Bertz CT molecular complexity index is 1070. The minimum atomic E-state index is -0.0155. The summed E-state index contributed by atoms with van der Waals surface area (Å²) in [5.74, 6) is 0. The van der Waals surface area contributed by atoms with Crippen molar-refractivity contribution in [2.45, 2.75) is 39.3 Å². The van der Waals surface area contributed by atoms with E-state index in [0.29, 0.717) is 6.54 Å². The normalized spacial score (nSPS) is 19.9. The summed E-state index contributed by atoms with van der Waals surface area (Å²) in [5, 5.41) is 11.3. The van der Waals surface area contributed by atoms with Crippen molar-refractivity contribution >= 4 is 11.7 Å². The van der Waals surface area contributed by atoms with Crippen LogP contribution in [0.15, 0.2) is 60.8 Å². The summed E-state index contributed by atoms with van der Waals surface area (Å²) in [6.07, 6.45) is 4.12. The molecule has 1 aromatic heterocycles.